The largest absolute Gasteiger partial charge is 0.490 e. The van der Waals surface area contributed by atoms with Crippen LogP contribution in [0.1, 0.15) is 26.2 Å². The molecule has 1 aliphatic rings. The fourth-order valence-electron chi connectivity index (χ4n) is 2.24. The molecule has 0 aromatic heterocycles. The average molecular weight is 280 g/mol. The van der Waals surface area contributed by atoms with Crippen LogP contribution < -0.4 is 15.8 Å². The predicted molar refractivity (Wildman–Crippen MR) is 74.8 cm³/mol. The molecule has 0 bridgehead atoms. The Bertz CT molecular complexity index is 477. The number of rotatable bonds is 7. The Balaban J connectivity index is 1.77. The molecular weight excluding hydrogens is 259 g/mol. The van der Waals surface area contributed by atoms with Crippen molar-refractivity contribution in [2.24, 2.45) is 11.7 Å². The molecule has 110 valence electrons. The van der Waals surface area contributed by atoms with E-state index in [9.17, 15) is 9.18 Å². The van der Waals surface area contributed by atoms with E-state index in [1.807, 2.05) is 6.92 Å². The Morgan fingerprint density at radius 2 is 2.20 bits per heavy atom. The first-order chi connectivity index (χ1) is 9.55. The third-order valence-corrected chi connectivity index (χ3v) is 3.75. The van der Waals surface area contributed by atoms with Gasteiger partial charge in [0.1, 0.15) is 0 Å². The fourth-order valence-corrected chi connectivity index (χ4v) is 2.24. The minimum Gasteiger partial charge on any atom is -0.490 e. The predicted octanol–water partition coefficient (Wildman–Crippen LogP) is 1.84. The van der Waals surface area contributed by atoms with Gasteiger partial charge in [0.2, 0.25) is 5.91 Å². The molecule has 20 heavy (non-hydrogen) atoms. The molecule has 0 spiro atoms. The lowest BCUT2D eigenvalue weighted by Gasteiger charge is -2.29. The molecule has 4 nitrogen and oxygen atoms in total. The molecule has 5 heteroatoms. The standard InChI is InChI=1S/C15H21FN2O2/c1-15(10-17,11-6-7-11)18-14(19)8-9-20-13-5-3-2-4-12(13)16/h2-5,11H,6-10,17H2,1H3,(H,18,19). The second kappa shape index (κ2) is 6.22. The van der Waals surface area contributed by atoms with Crippen molar-refractivity contribution in [2.45, 2.75) is 31.7 Å². The van der Waals surface area contributed by atoms with Crippen LogP contribution in [0.3, 0.4) is 0 Å². The topological polar surface area (TPSA) is 64.3 Å². The summed E-state index contributed by atoms with van der Waals surface area (Å²) in [6, 6.07) is 6.16. The number of ether oxygens (including phenoxy) is 1. The molecule has 1 aromatic rings. The van der Waals surface area contributed by atoms with Crippen molar-refractivity contribution in [1.82, 2.24) is 5.32 Å². The Morgan fingerprint density at radius 1 is 1.50 bits per heavy atom. The van der Waals surface area contributed by atoms with Crippen LogP contribution in [0.5, 0.6) is 5.75 Å². The molecule has 1 atom stereocenters. The maximum Gasteiger partial charge on any atom is 0.223 e. The van der Waals surface area contributed by atoms with Gasteiger partial charge in [-0.2, -0.15) is 0 Å². The van der Waals surface area contributed by atoms with Gasteiger partial charge in [0.25, 0.3) is 0 Å². The third kappa shape index (κ3) is 3.70. The summed E-state index contributed by atoms with van der Waals surface area (Å²) in [5.74, 6) is 0.117. The van der Waals surface area contributed by atoms with E-state index in [0.717, 1.165) is 12.8 Å². The van der Waals surface area contributed by atoms with Gasteiger partial charge in [-0.05, 0) is 37.8 Å². The Kier molecular flexibility index (Phi) is 4.60. The average Bonchev–Trinajstić information content (AvgIpc) is 3.25. The van der Waals surface area contributed by atoms with E-state index in [4.69, 9.17) is 10.5 Å². The highest BCUT2D eigenvalue weighted by atomic mass is 19.1. The highest BCUT2D eigenvalue weighted by Gasteiger charge is 2.41. The minimum atomic E-state index is -0.419. The molecule has 3 N–H and O–H groups in total. The van der Waals surface area contributed by atoms with Crippen molar-refractivity contribution in [2.75, 3.05) is 13.2 Å². The maximum atomic E-state index is 13.3. The lowest BCUT2D eigenvalue weighted by molar-refractivity contribution is -0.123. The van der Waals surface area contributed by atoms with E-state index in [0.29, 0.717) is 12.5 Å². The van der Waals surface area contributed by atoms with E-state index in [1.165, 1.54) is 6.07 Å². The summed E-state index contributed by atoms with van der Waals surface area (Å²) in [5, 5.41) is 2.97. The van der Waals surface area contributed by atoms with Crippen LogP contribution in [0.4, 0.5) is 4.39 Å². The zero-order valence-electron chi connectivity index (χ0n) is 11.7. The van der Waals surface area contributed by atoms with Crippen LogP contribution in [0.15, 0.2) is 24.3 Å². The Morgan fingerprint density at radius 3 is 2.80 bits per heavy atom. The summed E-state index contributed by atoms with van der Waals surface area (Å²) in [6.07, 6.45) is 2.41. The lowest BCUT2D eigenvalue weighted by Crippen LogP contribution is -2.53. The van der Waals surface area contributed by atoms with Gasteiger partial charge in [0, 0.05) is 6.54 Å². The van der Waals surface area contributed by atoms with Crippen LogP contribution in [0.25, 0.3) is 0 Å². The second-order valence-electron chi connectivity index (χ2n) is 5.47. The van der Waals surface area contributed by atoms with Crippen LogP contribution in [-0.2, 0) is 4.79 Å². The van der Waals surface area contributed by atoms with Gasteiger partial charge in [-0.1, -0.05) is 12.1 Å². The lowest BCUT2D eigenvalue weighted by atomic mass is 9.96. The quantitative estimate of drug-likeness (QED) is 0.801. The van der Waals surface area contributed by atoms with Crippen molar-refractivity contribution in [3.63, 3.8) is 0 Å². The second-order valence-corrected chi connectivity index (χ2v) is 5.47. The van der Waals surface area contributed by atoms with Crippen LogP contribution in [0.2, 0.25) is 0 Å². The molecule has 0 radical (unpaired) electrons. The minimum absolute atomic E-state index is 0.110. The monoisotopic (exact) mass is 280 g/mol. The number of benzene rings is 1. The summed E-state index contributed by atoms with van der Waals surface area (Å²) in [4.78, 5) is 11.9. The van der Waals surface area contributed by atoms with Gasteiger partial charge in [-0.25, -0.2) is 4.39 Å². The first-order valence-corrected chi connectivity index (χ1v) is 6.93. The summed E-state index contributed by atoms with van der Waals surface area (Å²) >= 11 is 0. The number of hydrogen-bond donors (Lipinski definition) is 2. The van der Waals surface area contributed by atoms with Gasteiger partial charge in [0.05, 0.1) is 18.6 Å². The number of nitrogens with one attached hydrogen (secondary N) is 1. The van der Waals surface area contributed by atoms with E-state index >= 15 is 0 Å². The number of para-hydroxylation sites is 1. The highest BCUT2D eigenvalue weighted by molar-refractivity contribution is 5.77. The number of halogens is 1. The Hall–Kier alpha value is -1.62. The van der Waals surface area contributed by atoms with E-state index in [2.05, 4.69) is 5.32 Å². The highest BCUT2D eigenvalue weighted by Crippen LogP contribution is 2.38. The molecule has 0 saturated heterocycles. The van der Waals surface area contributed by atoms with Gasteiger partial charge < -0.3 is 15.8 Å². The van der Waals surface area contributed by atoms with Gasteiger partial charge in [-0.15, -0.1) is 0 Å². The smallest absolute Gasteiger partial charge is 0.223 e. The van der Waals surface area contributed by atoms with E-state index in [1.54, 1.807) is 18.2 Å². The van der Waals surface area contributed by atoms with Gasteiger partial charge >= 0.3 is 0 Å². The number of carbonyl (C=O) groups excluding carboxylic acids is 1. The van der Waals surface area contributed by atoms with Gasteiger partial charge in [-0.3, -0.25) is 4.79 Å². The number of nitrogens with two attached hydrogens (primary N) is 1. The summed E-state index contributed by atoms with van der Waals surface area (Å²) in [7, 11) is 0. The third-order valence-electron chi connectivity index (χ3n) is 3.75. The van der Waals surface area contributed by atoms with Crippen LogP contribution in [0, 0.1) is 11.7 Å². The molecule has 1 saturated carbocycles. The normalized spacial score (nSPS) is 17.4. The number of carbonyl (C=O) groups is 1. The van der Waals surface area contributed by atoms with Crippen molar-refractivity contribution < 1.29 is 13.9 Å². The maximum absolute atomic E-state index is 13.3. The van der Waals surface area contributed by atoms with Gasteiger partial charge in [0.15, 0.2) is 11.6 Å². The molecule has 1 amide bonds. The van der Waals surface area contributed by atoms with Crippen LogP contribution >= 0.6 is 0 Å². The first kappa shape index (κ1) is 14.8. The molecule has 0 aliphatic heterocycles. The summed E-state index contributed by atoms with van der Waals surface area (Å²) < 4.78 is 18.6. The number of hydrogen-bond acceptors (Lipinski definition) is 3. The Labute approximate surface area is 118 Å². The number of amides is 1. The van der Waals surface area contributed by atoms with Crippen molar-refractivity contribution in [3.05, 3.63) is 30.1 Å². The van der Waals surface area contributed by atoms with Crippen LogP contribution in [-0.4, -0.2) is 24.6 Å². The molecule has 1 aliphatic carbocycles. The SMILES string of the molecule is CC(CN)(NC(=O)CCOc1ccccc1F)C1CC1. The molecule has 1 aromatic carbocycles. The van der Waals surface area contributed by atoms with Crippen molar-refractivity contribution in [1.29, 1.82) is 0 Å². The summed E-state index contributed by atoms with van der Waals surface area (Å²) in [5.41, 5.74) is 5.42. The zero-order chi connectivity index (χ0) is 14.6. The molecule has 0 heterocycles. The van der Waals surface area contributed by atoms with E-state index < -0.39 is 5.82 Å². The molecule has 1 unspecified atom stereocenters. The molecule has 1 fully saturated rings. The van der Waals surface area contributed by atoms with Crippen molar-refractivity contribution in [3.8, 4) is 5.75 Å². The fraction of sp³-hybridized carbons (Fsp3) is 0.533. The first-order valence-electron chi connectivity index (χ1n) is 6.93. The van der Waals surface area contributed by atoms with E-state index in [-0.39, 0.29) is 30.2 Å². The summed E-state index contributed by atoms with van der Waals surface area (Å²) in [6.45, 7) is 2.55. The van der Waals surface area contributed by atoms with Crippen molar-refractivity contribution >= 4 is 5.91 Å². The molecular formula is C15H21FN2O2. The molecule has 2 rings (SSSR count). The zero-order valence-corrected chi connectivity index (χ0v) is 11.7.